The Balaban J connectivity index is 2.06. The number of nitrogens with two attached hydrogens (primary N) is 1. The monoisotopic (exact) mass is 393 g/mol. The normalized spacial score (nSPS) is 12.8. The number of ketones is 1. The predicted octanol–water partition coefficient (Wildman–Crippen LogP) is 3.60. The molecule has 2 heterocycles. The molecular formula is C23H15N5O2. The SMILES string of the molecule is Cc1ccc(-c2c(C#N)c(N)nc(C3=[N+]([O-])c4ccccc4C(=O)C3)c2C#N)cc1. The highest BCUT2D eigenvalue weighted by Crippen LogP contribution is 2.34. The molecule has 30 heavy (non-hydrogen) atoms. The molecule has 0 bridgehead atoms. The third-order valence-corrected chi connectivity index (χ3v) is 5.06. The second kappa shape index (κ2) is 7.16. The molecule has 7 heteroatoms. The Hall–Kier alpha value is -4.49. The smallest absolute Gasteiger partial charge is 0.228 e. The van der Waals surface area contributed by atoms with Crippen LogP contribution in [0.1, 0.15) is 39.2 Å². The van der Waals surface area contributed by atoms with Gasteiger partial charge in [0.2, 0.25) is 11.4 Å². The molecule has 0 radical (unpaired) electrons. The maximum Gasteiger partial charge on any atom is 0.228 e. The molecule has 0 atom stereocenters. The highest BCUT2D eigenvalue weighted by atomic mass is 16.5. The third-order valence-electron chi connectivity index (χ3n) is 5.06. The Labute approximate surface area is 172 Å². The van der Waals surface area contributed by atoms with Crippen molar-refractivity contribution >= 4 is 23.0 Å². The number of carbonyl (C=O) groups excluding carboxylic acids is 1. The Morgan fingerprint density at radius 1 is 1.07 bits per heavy atom. The largest absolute Gasteiger partial charge is 0.618 e. The van der Waals surface area contributed by atoms with Crippen molar-refractivity contribution in [3.63, 3.8) is 0 Å². The van der Waals surface area contributed by atoms with Gasteiger partial charge >= 0.3 is 0 Å². The lowest BCUT2D eigenvalue weighted by molar-refractivity contribution is -0.362. The highest BCUT2D eigenvalue weighted by molar-refractivity contribution is 6.18. The van der Waals surface area contributed by atoms with E-state index < -0.39 is 0 Å². The van der Waals surface area contributed by atoms with E-state index in [4.69, 9.17) is 5.73 Å². The van der Waals surface area contributed by atoms with Gasteiger partial charge in [-0.3, -0.25) is 4.79 Å². The fourth-order valence-corrected chi connectivity index (χ4v) is 3.57. The number of rotatable bonds is 2. The van der Waals surface area contributed by atoms with Gasteiger partial charge in [0.25, 0.3) is 0 Å². The van der Waals surface area contributed by atoms with Crippen LogP contribution in [0.15, 0.2) is 48.5 Å². The summed E-state index contributed by atoms with van der Waals surface area (Å²) in [6, 6.07) is 17.8. The van der Waals surface area contributed by atoms with Gasteiger partial charge in [-0.05, 0) is 18.6 Å². The Bertz CT molecular complexity index is 1330. The molecule has 0 unspecified atom stereocenters. The average molecular weight is 393 g/mol. The van der Waals surface area contributed by atoms with Crippen molar-refractivity contribution in [2.75, 3.05) is 5.73 Å². The number of aryl methyl sites for hydroxylation is 1. The first-order valence-corrected chi connectivity index (χ1v) is 9.12. The molecular weight excluding hydrogens is 378 g/mol. The summed E-state index contributed by atoms with van der Waals surface area (Å²) in [4.78, 5) is 16.8. The van der Waals surface area contributed by atoms with Gasteiger partial charge in [-0.15, -0.1) is 0 Å². The summed E-state index contributed by atoms with van der Waals surface area (Å²) in [5.41, 5.74) is 8.59. The first kappa shape index (κ1) is 18.9. The lowest BCUT2D eigenvalue weighted by Gasteiger charge is -2.19. The van der Waals surface area contributed by atoms with Gasteiger partial charge in [-0.2, -0.15) is 15.3 Å². The zero-order valence-electron chi connectivity index (χ0n) is 16.0. The van der Waals surface area contributed by atoms with Gasteiger partial charge in [0, 0.05) is 11.6 Å². The van der Waals surface area contributed by atoms with Crippen LogP contribution >= 0.6 is 0 Å². The number of anilines is 1. The van der Waals surface area contributed by atoms with E-state index in [0.717, 1.165) is 5.56 Å². The molecule has 144 valence electrons. The zero-order chi connectivity index (χ0) is 21.4. The molecule has 0 amide bonds. The number of hydrogen-bond acceptors (Lipinski definition) is 6. The number of aromatic nitrogens is 1. The summed E-state index contributed by atoms with van der Waals surface area (Å²) in [5, 5.41) is 32.7. The van der Waals surface area contributed by atoms with Crippen LogP contribution in [0.25, 0.3) is 11.1 Å². The average Bonchev–Trinajstić information content (AvgIpc) is 2.76. The van der Waals surface area contributed by atoms with Crippen LogP contribution in [0, 0.1) is 34.8 Å². The topological polar surface area (TPSA) is 130 Å². The number of nitriles is 2. The number of carbonyl (C=O) groups is 1. The molecule has 7 nitrogen and oxygen atoms in total. The number of benzene rings is 2. The van der Waals surface area contributed by atoms with Gasteiger partial charge in [0.05, 0.1) is 17.5 Å². The molecule has 0 saturated carbocycles. The first-order valence-electron chi connectivity index (χ1n) is 9.12. The van der Waals surface area contributed by atoms with Crippen molar-refractivity contribution in [2.45, 2.75) is 13.3 Å². The molecule has 0 aliphatic carbocycles. The lowest BCUT2D eigenvalue weighted by Crippen LogP contribution is -2.26. The number of fused-ring (bicyclic) bond motifs is 1. The molecule has 0 spiro atoms. The van der Waals surface area contributed by atoms with Gasteiger partial charge in [-0.25, -0.2) is 4.98 Å². The second-order valence-electron chi connectivity index (χ2n) is 6.92. The van der Waals surface area contributed by atoms with Crippen LogP contribution in [0.5, 0.6) is 0 Å². The minimum atomic E-state index is -0.252. The Morgan fingerprint density at radius 3 is 2.40 bits per heavy atom. The van der Waals surface area contributed by atoms with E-state index in [1.54, 1.807) is 36.4 Å². The number of nitrogens with zero attached hydrogens (tertiary/aromatic N) is 4. The van der Waals surface area contributed by atoms with Gasteiger partial charge in [0.1, 0.15) is 23.5 Å². The highest BCUT2D eigenvalue weighted by Gasteiger charge is 2.34. The standard InChI is InChI=1S/C23H15N5O2/c1-13-6-8-14(9-7-13)21-16(11-24)22(27-23(26)17(21)12-25)19-10-20(29)15-4-2-3-5-18(15)28(19)30/h2-9H,10H2,1H3,(H2,26,27). The molecule has 0 fully saturated rings. The maximum atomic E-state index is 13.1. The number of nitrogen functional groups attached to an aromatic ring is 1. The predicted molar refractivity (Wildman–Crippen MR) is 111 cm³/mol. The van der Waals surface area contributed by atoms with Crippen molar-refractivity contribution in [1.82, 2.24) is 4.98 Å². The summed E-state index contributed by atoms with van der Waals surface area (Å²) in [6.45, 7) is 1.92. The summed E-state index contributed by atoms with van der Waals surface area (Å²) in [7, 11) is 0. The molecule has 3 aromatic rings. The van der Waals surface area contributed by atoms with E-state index in [9.17, 15) is 20.5 Å². The van der Waals surface area contributed by atoms with Crippen molar-refractivity contribution in [3.05, 3.63) is 81.7 Å². The van der Waals surface area contributed by atoms with Crippen molar-refractivity contribution < 1.29 is 9.53 Å². The third kappa shape index (κ3) is 2.86. The molecule has 2 N–H and O–H groups in total. The second-order valence-corrected chi connectivity index (χ2v) is 6.92. The van der Waals surface area contributed by atoms with Crippen LogP contribution in [0.4, 0.5) is 11.5 Å². The first-order chi connectivity index (χ1) is 14.5. The van der Waals surface area contributed by atoms with E-state index in [2.05, 4.69) is 11.1 Å². The minimum Gasteiger partial charge on any atom is -0.618 e. The molecule has 2 aromatic carbocycles. The number of para-hydroxylation sites is 1. The van der Waals surface area contributed by atoms with Gasteiger partial charge in [-0.1, -0.05) is 42.0 Å². The van der Waals surface area contributed by atoms with E-state index in [-0.39, 0.29) is 46.2 Å². The van der Waals surface area contributed by atoms with Crippen LogP contribution in [0.2, 0.25) is 0 Å². The number of hydrogen-bond donors (Lipinski definition) is 1. The van der Waals surface area contributed by atoms with Gasteiger partial charge in [0.15, 0.2) is 11.5 Å². The van der Waals surface area contributed by atoms with Crippen molar-refractivity contribution in [2.24, 2.45) is 0 Å². The molecule has 0 saturated heterocycles. The summed E-state index contributed by atoms with van der Waals surface area (Å²) in [5.74, 6) is -0.354. The molecule has 1 aromatic heterocycles. The van der Waals surface area contributed by atoms with Crippen LogP contribution in [-0.2, 0) is 0 Å². The quantitative estimate of drug-likeness (QED) is 0.523. The van der Waals surface area contributed by atoms with Crippen LogP contribution in [-0.4, -0.2) is 21.2 Å². The molecule has 1 aliphatic rings. The number of Topliss-reactive ketones (excluding diaryl/α,β-unsaturated/α-hetero) is 1. The van der Waals surface area contributed by atoms with E-state index >= 15 is 0 Å². The fourth-order valence-electron chi connectivity index (χ4n) is 3.57. The maximum absolute atomic E-state index is 13.1. The van der Waals surface area contributed by atoms with E-state index in [1.165, 1.54) is 0 Å². The van der Waals surface area contributed by atoms with E-state index in [0.29, 0.717) is 21.4 Å². The minimum absolute atomic E-state index is 0.0161. The van der Waals surface area contributed by atoms with E-state index in [1.807, 2.05) is 25.1 Å². The molecule has 1 aliphatic heterocycles. The lowest BCUT2D eigenvalue weighted by atomic mass is 9.90. The summed E-state index contributed by atoms with van der Waals surface area (Å²) < 4.78 is 0.615. The zero-order valence-corrected chi connectivity index (χ0v) is 16.0. The Kier molecular flexibility index (Phi) is 4.50. The Morgan fingerprint density at radius 2 is 1.73 bits per heavy atom. The van der Waals surface area contributed by atoms with Crippen LogP contribution in [0.3, 0.4) is 0 Å². The van der Waals surface area contributed by atoms with Gasteiger partial charge < -0.3 is 10.9 Å². The van der Waals surface area contributed by atoms with Crippen LogP contribution < -0.4 is 5.73 Å². The number of pyridine rings is 1. The fraction of sp³-hybridized carbons (Fsp3) is 0.0870. The molecule has 4 rings (SSSR count). The summed E-state index contributed by atoms with van der Waals surface area (Å²) >= 11 is 0. The summed E-state index contributed by atoms with van der Waals surface area (Å²) in [6.07, 6.45) is -0.221. The van der Waals surface area contributed by atoms with Crippen molar-refractivity contribution in [3.8, 4) is 23.3 Å². The van der Waals surface area contributed by atoms with Crippen molar-refractivity contribution in [1.29, 1.82) is 10.5 Å².